The number of hydrogen-bond acceptors (Lipinski definition) is 1. The topological polar surface area (TPSA) is 56.3 Å². The van der Waals surface area contributed by atoms with Crippen LogP contribution in [-0.2, 0) is 5.54 Å². The van der Waals surface area contributed by atoms with Gasteiger partial charge in [-0.15, -0.1) is 0 Å². The zero-order valence-electron chi connectivity index (χ0n) is 11.2. The Morgan fingerprint density at radius 2 is 2.14 bits per heavy atom. The van der Waals surface area contributed by atoms with Gasteiger partial charge in [-0.05, 0) is 25.1 Å². The molecule has 1 aromatic heterocycles. The first kappa shape index (κ1) is 13.8. The summed E-state index contributed by atoms with van der Waals surface area (Å²) in [5, 5.41) is 9.76. The van der Waals surface area contributed by atoms with Crippen molar-refractivity contribution in [1.82, 2.24) is 9.88 Å². The average Bonchev–Trinajstić information content (AvgIpc) is 2.88. The number of H-pyrrole nitrogens is 1. The van der Waals surface area contributed by atoms with Gasteiger partial charge in [0.2, 0.25) is 0 Å². The molecule has 21 heavy (non-hydrogen) atoms. The number of aromatic nitrogens is 1. The molecule has 1 fully saturated rings. The number of amides is 1. The second kappa shape index (κ2) is 4.16. The maximum absolute atomic E-state index is 13.7. The maximum atomic E-state index is 13.7. The summed E-state index contributed by atoms with van der Waals surface area (Å²) in [5.41, 5.74) is -0.477. The molecule has 0 spiro atoms. The van der Waals surface area contributed by atoms with Gasteiger partial charge in [-0.25, -0.2) is 18.0 Å². The van der Waals surface area contributed by atoms with E-state index in [1.807, 2.05) is 0 Å². The highest BCUT2D eigenvalue weighted by Crippen LogP contribution is 2.47. The zero-order valence-corrected chi connectivity index (χ0v) is 11.2. The van der Waals surface area contributed by atoms with Gasteiger partial charge in [0.25, 0.3) is 5.92 Å². The first-order valence-corrected chi connectivity index (χ1v) is 6.38. The van der Waals surface area contributed by atoms with Crippen LogP contribution in [0.4, 0.5) is 18.0 Å². The number of carboxylic acid groups (broad SMARTS) is 1. The SMILES string of the molecule is CC1(c2c[nH]c3cc(F)ccc23)CC(F)(F)CN1C(=O)O. The molecule has 1 aliphatic rings. The molecular weight excluding hydrogens is 285 g/mol. The van der Waals surface area contributed by atoms with Crippen molar-refractivity contribution in [3.05, 3.63) is 35.8 Å². The Kier molecular flexibility index (Phi) is 2.73. The fourth-order valence-electron chi connectivity index (χ4n) is 3.12. The van der Waals surface area contributed by atoms with Gasteiger partial charge in [-0.3, -0.25) is 4.90 Å². The number of halogens is 3. The van der Waals surface area contributed by atoms with E-state index < -0.39 is 36.3 Å². The number of likely N-dealkylation sites (tertiary alicyclic amines) is 1. The largest absolute Gasteiger partial charge is 0.465 e. The van der Waals surface area contributed by atoms with Gasteiger partial charge in [-0.1, -0.05) is 0 Å². The van der Waals surface area contributed by atoms with Crippen LogP contribution in [0.1, 0.15) is 18.9 Å². The molecule has 7 heteroatoms. The summed E-state index contributed by atoms with van der Waals surface area (Å²) in [5.74, 6) is -3.54. The number of hydrogen-bond donors (Lipinski definition) is 2. The van der Waals surface area contributed by atoms with Crippen LogP contribution in [0.3, 0.4) is 0 Å². The van der Waals surface area contributed by atoms with E-state index in [1.165, 1.54) is 31.3 Å². The lowest BCUT2D eigenvalue weighted by Crippen LogP contribution is -2.42. The van der Waals surface area contributed by atoms with Gasteiger partial charge < -0.3 is 10.1 Å². The Labute approximate surface area is 118 Å². The molecular formula is C14H13F3N2O2. The fourth-order valence-corrected chi connectivity index (χ4v) is 3.12. The monoisotopic (exact) mass is 298 g/mol. The summed E-state index contributed by atoms with van der Waals surface area (Å²) in [7, 11) is 0. The van der Waals surface area contributed by atoms with E-state index in [9.17, 15) is 23.1 Å². The number of aromatic amines is 1. The summed E-state index contributed by atoms with van der Waals surface area (Å²) in [6.07, 6.45) is -0.524. The van der Waals surface area contributed by atoms with Crippen molar-refractivity contribution in [3.63, 3.8) is 0 Å². The van der Waals surface area contributed by atoms with E-state index in [0.717, 1.165) is 4.90 Å². The Balaban J connectivity index is 2.17. The predicted molar refractivity (Wildman–Crippen MR) is 69.9 cm³/mol. The van der Waals surface area contributed by atoms with Crippen molar-refractivity contribution in [2.45, 2.75) is 24.8 Å². The molecule has 1 aliphatic heterocycles. The Bertz CT molecular complexity index is 728. The van der Waals surface area contributed by atoms with E-state index in [0.29, 0.717) is 16.5 Å². The van der Waals surface area contributed by atoms with Crippen LogP contribution in [0, 0.1) is 5.82 Å². The molecule has 4 nitrogen and oxygen atoms in total. The molecule has 0 bridgehead atoms. The molecule has 3 rings (SSSR count). The number of carbonyl (C=O) groups is 1. The normalized spacial score (nSPS) is 24.7. The molecule has 1 aromatic carbocycles. The van der Waals surface area contributed by atoms with Crippen molar-refractivity contribution in [2.24, 2.45) is 0 Å². The number of fused-ring (bicyclic) bond motifs is 1. The molecule has 1 unspecified atom stereocenters. The second-order valence-corrected chi connectivity index (χ2v) is 5.57. The van der Waals surface area contributed by atoms with Gasteiger partial charge >= 0.3 is 6.09 Å². The minimum Gasteiger partial charge on any atom is -0.465 e. The molecule has 2 heterocycles. The van der Waals surface area contributed by atoms with Crippen molar-refractivity contribution in [2.75, 3.05) is 6.54 Å². The number of nitrogens with zero attached hydrogens (tertiary/aromatic N) is 1. The van der Waals surface area contributed by atoms with Crippen molar-refractivity contribution >= 4 is 17.0 Å². The Hall–Kier alpha value is -2.18. The number of rotatable bonds is 1. The lowest BCUT2D eigenvalue weighted by molar-refractivity contribution is 0.0118. The minimum absolute atomic E-state index is 0.428. The summed E-state index contributed by atoms with van der Waals surface area (Å²) < 4.78 is 40.7. The van der Waals surface area contributed by atoms with E-state index in [-0.39, 0.29) is 0 Å². The highest BCUT2D eigenvalue weighted by molar-refractivity contribution is 5.85. The average molecular weight is 298 g/mol. The highest BCUT2D eigenvalue weighted by atomic mass is 19.3. The molecule has 2 N–H and O–H groups in total. The van der Waals surface area contributed by atoms with Crippen molar-refractivity contribution < 1.29 is 23.1 Å². The third-order valence-electron chi connectivity index (χ3n) is 4.04. The van der Waals surface area contributed by atoms with E-state index in [1.54, 1.807) is 0 Å². The van der Waals surface area contributed by atoms with Crippen LogP contribution in [0.2, 0.25) is 0 Å². The lowest BCUT2D eigenvalue weighted by Gasteiger charge is -2.32. The van der Waals surface area contributed by atoms with Gasteiger partial charge in [0.05, 0.1) is 12.1 Å². The van der Waals surface area contributed by atoms with Crippen LogP contribution in [0.25, 0.3) is 10.9 Å². The molecule has 1 saturated heterocycles. The summed E-state index contributed by atoms with van der Waals surface area (Å²) in [6.45, 7) is 0.626. The van der Waals surface area contributed by atoms with Gasteiger partial charge in [0.1, 0.15) is 5.82 Å². The third-order valence-corrected chi connectivity index (χ3v) is 4.04. The van der Waals surface area contributed by atoms with Gasteiger partial charge in [0, 0.05) is 29.1 Å². The summed E-state index contributed by atoms with van der Waals surface area (Å²) in [4.78, 5) is 14.9. The van der Waals surface area contributed by atoms with Crippen LogP contribution >= 0.6 is 0 Å². The van der Waals surface area contributed by atoms with Crippen LogP contribution < -0.4 is 0 Å². The van der Waals surface area contributed by atoms with Crippen molar-refractivity contribution in [1.29, 1.82) is 0 Å². The fraction of sp³-hybridized carbons (Fsp3) is 0.357. The molecule has 112 valence electrons. The van der Waals surface area contributed by atoms with E-state index >= 15 is 0 Å². The van der Waals surface area contributed by atoms with E-state index in [2.05, 4.69) is 4.98 Å². The first-order chi connectivity index (χ1) is 9.73. The van der Waals surface area contributed by atoms with E-state index in [4.69, 9.17) is 0 Å². The third kappa shape index (κ3) is 2.03. The van der Waals surface area contributed by atoms with Crippen molar-refractivity contribution in [3.8, 4) is 0 Å². The van der Waals surface area contributed by atoms with Crippen LogP contribution in [-0.4, -0.2) is 33.6 Å². The summed E-state index contributed by atoms with van der Waals surface area (Å²) >= 11 is 0. The molecule has 0 radical (unpaired) electrons. The van der Waals surface area contributed by atoms with Gasteiger partial charge in [-0.2, -0.15) is 0 Å². The first-order valence-electron chi connectivity index (χ1n) is 6.38. The molecule has 0 saturated carbocycles. The van der Waals surface area contributed by atoms with Crippen LogP contribution in [0.15, 0.2) is 24.4 Å². The molecule has 1 amide bonds. The predicted octanol–water partition coefficient (Wildman–Crippen LogP) is 3.54. The quantitative estimate of drug-likeness (QED) is 0.846. The number of benzene rings is 1. The number of alkyl halides is 2. The smallest absolute Gasteiger partial charge is 0.408 e. The number of nitrogens with one attached hydrogen (secondary N) is 1. The standard InChI is InChI=1S/C14H13F3N2O2/c1-13(6-14(16,17)7-19(13)12(20)21)10-5-18-11-4-8(15)2-3-9(10)11/h2-5,18H,6-7H2,1H3,(H,20,21). The Morgan fingerprint density at radius 1 is 1.43 bits per heavy atom. The zero-order chi connectivity index (χ0) is 15.4. The maximum Gasteiger partial charge on any atom is 0.408 e. The summed E-state index contributed by atoms with van der Waals surface area (Å²) in [6, 6.07) is 3.94. The second-order valence-electron chi connectivity index (χ2n) is 5.57. The molecule has 2 aromatic rings. The van der Waals surface area contributed by atoms with Gasteiger partial charge in [0.15, 0.2) is 0 Å². The minimum atomic E-state index is -3.09. The van der Waals surface area contributed by atoms with Crippen LogP contribution in [0.5, 0.6) is 0 Å². The Morgan fingerprint density at radius 3 is 2.81 bits per heavy atom. The highest BCUT2D eigenvalue weighted by Gasteiger charge is 2.55. The molecule has 1 atom stereocenters. The molecule has 0 aliphatic carbocycles. The lowest BCUT2D eigenvalue weighted by atomic mass is 9.88.